The van der Waals surface area contributed by atoms with E-state index in [1.54, 1.807) is 17.5 Å². The highest BCUT2D eigenvalue weighted by Gasteiger charge is 2.19. The maximum absolute atomic E-state index is 6.01. The molecule has 3 nitrogen and oxygen atoms in total. The minimum absolute atomic E-state index is 0.120. The van der Waals surface area contributed by atoms with Crippen molar-refractivity contribution in [3.63, 3.8) is 0 Å². The molecule has 1 atom stereocenters. The zero-order valence-corrected chi connectivity index (χ0v) is 11.1. The van der Waals surface area contributed by atoms with Crippen LogP contribution in [0.3, 0.4) is 0 Å². The van der Waals surface area contributed by atoms with Crippen LogP contribution in [-0.2, 0) is 0 Å². The first-order chi connectivity index (χ1) is 8.15. The van der Waals surface area contributed by atoms with E-state index in [9.17, 15) is 0 Å². The third-order valence-corrected chi connectivity index (χ3v) is 3.90. The number of hydrogen-bond acceptors (Lipinski definition) is 4. The average molecular weight is 247 g/mol. The number of nitrogen functional groups attached to an aromatic ring is 1. The summed E-state index contributed by atoms with van der Waals surface area (Å²) >= 11 is 1.72. The average Bonchev–Trinajstić information content (AvgIpc) is 2.70. The van der Waals surface area contributed by atoms with Gasteiger partial charge < -0.3 is 11.1 Å². The molecule has 0 radical (unpaired) electrons. The molecule has 0 aliphatic rings. The van der Waals surface area contributed by atoms with Gasteiger partial charge in [0.1, 0.15) is 5.82 Å². The van der Waals surface area contributed by atoms with E-state index >= 15 is 0 Å². The molecule has 2 aromatic heterocycles. The summed E-state index contributed by atoms with van der Waals surface area (Å²) in [6.07, 6.45) is 1.75. The lowest BCUT2D eigenvalue weighted by atomic mass is 9.95. The van der Waals surface area contributed by atoms with Gasteiger partial charge in [-0.2, -0.15) is 11.3 Å². The first kappa shape index (κ1) is 12.1. The molecule has 0 saturated heterocycles. The van der Waals surface area contributed by atoms with Crippen LogP contribution in [0.25, 0.3) is 0 Å². The molecule has 0 aromatic carbocycles. The van der Waals surface area contributed by atoms with E-state index < -0.39 is 0 Å². The molecule has 0 bridgehead atoms. The summed E-state index contributed by atoms with van der Waals surface area (Å²) in [7, 11) is 1.95. The summed E-state index contributed by atoms with van der Waals surface area (Å²) in [6.45, 7) is 4.19. The topological polar surface area (TPSA) is 50.9 Å². The van der Waals surface area contributed by atoms with Gasteiger partial charge in [0, 0.05) is 11.8 Å². The number of nitrogens with two attached hydrogens (primary N) is 1. The van der Waals surface area contributed by atoms with Gasteiger partial charge in [-0.25, -0.2) is 4.98 Å². The smallest absolute Gasteiger partial charge is 0.128 e. The summed E-state index contributed by atoms with van der Waals surface area (Å²) in [4.78, 5) is 4.19. The number of aromatic nitrogens is 1. The minimum atomic E-state index is 0.120. The quantitative estimate of drug-likeness (QED) is 0.876. The van der Waals surface area contributed by atoms with Gasteiger partial charge in [-0.05, 0) is 54.4 Å². The van der Waals surface area contributed by atoms with Gasteiger partial charge in [-0.3, -0.25) is 0 Å². The van der Waals surface area contributed by atoms with Crippen LogP contribution in [0.1, 0.15) is 28.3 Å². The number of nitrogens with zero attached hydrogens (tertiary/aromatic N) is 1. The Kier molecular flexibility index (Phi) is 3.45. The van der Waals surface area contributed by atoms with E-state index in [0.717, 1.165) is 5.56 Å². The molecule has 0 saturated carbocycles. The van der Waals surface area contributed by atoms with E-state index in [2.05, 4.69) is 34.9 Å². The van der Waals surface area contributed by atoms with E-state index in [4.69, 9.17) is 5.73 Å². The van der Waals surface area contributed by atoms with Crippen LogP contribution in [-0.4, -0.2) is 12.0 Å². The lowest BCUT2D eigenvalue weighted by molar-refractivity contribution is 0.685. The first-order valence-electron chi connectivity index (χ1n) is 5.56. The van der Waals surface area contributed by atoms with Crippen LogP contribution in [0.4, 0.5) is 5.82 Å². The van der Waals surface area contributed by atoms with E-state index in [-0.39, 0.29) is 6.04 Å². The molecule has 2 heterocycles. The fraction of sp³-hybridized carbons (Fsp3) is 0.308. The molecule has 90 valence electrons. The highest BCUT2D eigenvalue weighted by Crippen LogP contribution is 2.31. The van der Waals surface area contributed by atoms with Crippen LogP contribution in [0.15, 0.2) is 23.0 Å². The van der Waals surface area contributed by atoms with Crippen LogP contribution < -0.4 is 11.1 Å². The number of aryl methyl sites for hydroxylation is 2. The van der Waals surface area contributed by atoms with E-state index in [1.165, 1.54) is 16.7 Å². The highest BCUT2D eigenvalue weighted by atomic mass is 32.1. The molecule has 2 rings (SSSR count). The van der Waals surface area contributed by atoms with Crippen molar-refractivity contribution in [1.29, 1.82) is 0 Å². The van der Waals surface area contributed by atoms with Gasteiger partial charge in [0.25, 0.3) is 0 Å². The third kappa shape index (κ3) is 2.18. The normalized spacial score (nSPS) is 12.6. The molecular weight excluding hydrogens is 230 g/mol. The van der Waals surface area contributed by atoms with Crippen LogP contribution in [0, 0.1) is 13.8 Å². The summed E-state index contributed by atoms with van der Waals surface area (Å²) in [5, 5.41) is 7.65. The molecule has 0 amide bonds. The largest absolute Gasteiger partial charge is 0.383 e. The lowest BCUT2D eigenvalue weighted by Gasteiger charge is -2.20. The Balaban J connectivity index is 2.53. The molecule has 17 heavy (non-hydrogen) atoms. The number of hydrogen-bond donors (Lipinski definition) is 2. The van der Waals surface area contributed by atoms with Crippen molar-refractivity contribution in [2.45, 2.75) is 19.9 Å². The molecule has 0 fully saturated rings. The van der Waals surface area contributed by atoms with Crippen LogP contribution in [0.2, 0.25) is 0 Å². The number of pyridine rings is 1. The maximum atomic E-state index is 6.01. The Labute approximate surface area is 106 Å². The first-order valence-corrected chi connectivity index (χ1v) is 6.50. The molecule has 2 aromatic rings. The summed E-state index contributed by atoms with van der Waals surface area (Å²) < 4.78 is 0. The van der Waals surface area contributed by atoms with Gasteiger partial charge >= 0.3 is 0 Å². The van der Waals surface area contributed by atoms with Gasteiger partial charge in [0.15, 0.2) is 0 Å². The van der Waals surface area contributed by atoms with Crippen molar-refractivity contribution >= 4 is 17.2 Å². The SMILES string of the molecule is CNC(c1cscc1C)c1c(C)ccnc1N. The number of nitrogens with one attached hydrogen (secondary N) is 1. The van der Waals surface area contributed by atoms with Crippen molar-refractivity contribution in [2.75, 3.05) is 12.8 Å². The zero-order valence-electron chi connectivity index (χ0n) is 10.3. The predicted octanol–water partition coefficient (Wildman–Crippen LogP) is 2.65. The maximum Gasteiger partial charge on any atom is 0.128 e. The van der Waals surface area contributed by atoms with Crippen molar-refractivity contribution in [1.82, 2.24) is 10.3 Å². The highest BCUT2D eigenvalue weighted by molar-refractivity contribution is 7.08. The zero-order chi connectivity index (χ0) is 12.4. The molecule has 3 N–H and O–H groups in total. The van der Waals surface area contributed by atoms with Crippen molar-refractivity contribution in [2.24, 2.45) is 0 Å². The molecule has 0 spiro atoms. The summed E-state index contributed by atoms with van der Waals surface area (Å²) in [5.41, 5.74) is 10.8. The Morgan fingerprint density at radius 1 is 1.29 bits per heavy atom. The van der Waals surface area contributed by atoms with Crippen LogP contribution in [0.5, 0.6) is 0 Å². The Morgan fingerprint density at radius 2 is 2.06 bits per heavy atom. The second kappa shape index (κ2) is 4.85. The van der Waals surface area contributed by atoms with Gasteiger partial charge in [0.05, 0.1) is 6.04 Å². The number of rotatable bonds is 3. The van der Waals surface area contributed by atoms with Gasteiger partial charge in [-0.1, -0.05) is 0 Å². The van der Waals surface area contributed by atoms with Gasteiger partial charge in [0.2, 0.25) is 0 Å². The number of anilines is 1. The Hall–Kier alpha value is -1.39. The second-order valence-corrected chi connectivity index (χ2v) is 4.90. The van der Waals surface area contributed by atoms with Crippen LogP contribution >= 0.6 is 11.3 Å². The molecular formula is C13H17N3S. The van der Waals surface area contributed by atoms with Crippen molar-refractivity contribution < 1.29 is 0 Å². The molecule has 0 aliphatic carbocycles. The molecule has 0 aliphatic heterocycles. The Bertz CT molecular complexity index is 499. The third-order valence-electron chi connectivity index (χ3n) is 3.02. The van der Waals surface area contributed by atoms with Gasteiger partial charge in [-0.15, -0.1) is 0 Å². The lowest BCUT2D eigenvalue weighted by Crippen LogP contribution is -2.20. The molecule has 4 heteroatoms. The summed E-state index contributed by atoms with van der Waals surface area (Å²) in [6, 6.07) is 2.12. The summed E-state index contributed by atoms with van der Waals surface area (Å²) in [5.74, 6) is 0.606. The minimum Gasteiger partial charge on any atom is -0.383 e. The number of thiophene rings is 1. The molecule has 1 unspecified atom stereocenters. The second-order valence-electron chi connectivity index (χ2n) is 4.16. The fourth-order valence-corrected chi connectivity index (χ4v) is 2.96. The Morgan fingerprint density at radius 3 is 2.59 bits per heavy atom. The standard InChI is InChI=1S/C13H17N3S/c1-8-4-5-16-13(14)11(8)12(15-3)10-7-17-6-9(10)2/h4-7,12,15H,1-3H3,(H2,14,16). The van der Waals surface area contributed by atoms with Crippen molar-refractivity contribution in [3.8, 4) is 0 Å². The van der Waals surface area contributed by atoms with E-state index in [0.29, 0.717) is 5.82 Å². The fourth-order valence-electron chi connectivity index (χ4n) is 2.09. The van der Waals surface area contributed by atoms with E-state index in [1.807, 2.05) is 13.1 Å². The predicted molar refractivity (Wildman–Crippen MR) is 73.3 cm³/mol. The van der Waals surface area contributed by atoms with Crippen molar-refractivity contribution in [3.05, 3.63) is 45.3 Å². The monoisotopic (exact) mass is 247 g/mol.